The molecule has 1 heterocycles. The van der Waals surface area contributed by atoms with Gasteiger partial charge >= 0.3 is 0 Å². The summed E-state index contributed by atoms with van der Waals surface area (Å²) in [4.78, 5) is 14.9. The standard InChI is InChI=1S/C26H35FN2O3/c1-25(2,18-21-10-5-4-6-11-21)28-24(30)19-29-16-9-14-26(31-3,15-17-29)20-32-23-13-8-7-12-22(23)27/h4-8,10-13H,9,14-20H2,1-3H3,(H,28,30)/t26-/m0/s1. The maximum atomic E-state index is 13.9. The topological polar surface area (TPSA) is 50.8 Å². The van der Waals surface area contributed by atoms with E-state index in [0.717, 1.165) is 38.8 Å². The third kappa shape index (κ3) is 7.04. The monoisotopic (exact) mass is 442 g/mol. The summed E-state index contributed by atoms with van der Waals surface area (Å²) < 4.78 is 25.5. The largest absolute Gasteiger partial charge is 0.488 e. The summed E-state index contributed by atoms with van der Waals surface area (Å²) in [5.74, 6) is -0.104. The fourth-order valence-corrected chi connectivity index (χ4v) is 4.33. The van der Waals surface area contributed by atoms with Crippen LogP contribution in [0.5, 0.6) is 5.75 Å². The van der Waals surface area contributed by atoms with Gasteiger partial charge in [0.1, 0.15) is 12.2 Å². The first-order valence-corrected chi connectivity index (χ1v) is 11.3. The zero-order valence-electron chi connectivity index (χ0n) is 19.4. The molecule has 0 saturated carbocycles. The van der Waals surface area contributed by atoms with Crippen molar-refractivity contribution in [1.29, 1.82) is 0 Å². The summed E-state index contributed by atoms with van der Waals surface area (Å²) >= 11 is 0. The Morgan fingerprint density at radius 2 is 1.81 bits per heavy atom. The predicted molar refractivity (Wildman–Crippen MR) is 124 cm³/mol. The van der Waals surface area contributed by atoms with Gasteiger partial charge in [0.15, 0.2) is 11.6 Å². The summed E-state index contributed by atoms with van der Waals surface area (Å²) in [5, 5.41) is 3.18. The maximum Gasteiger partial charge on any atom is 0.234 e. The summed E-state index contributed by atoms with van der Waals surface area (Å²) in [6.45, 7) is 6.28. The number of likely N-dealkylation sites (tertiary alicyclic amines) is 1. The van der Waals surface area contributed by atoms with Gasteiger partial charge in [-0.3, -0.25) is 9.69 Å². The van der Waals surface area contributed by atoms with Crippen LogP contribution in [-0.2, 0) is 16.0 Å². The summed E-state index contributed by atoms with van der Waals surface area (Å²) in [6, 6.07) is 16.6. The molecule has 1 aliphatic heterocycles. The molecule has 1 aliphatic rings. The van der Waals surface area contributed by atoms with Crippen molar-refractivity contribution in [2.75, 3.05) is 33.4 Å². The van der Waals surface area contributed by atoms with E-state index in [1.807, 2.05) is 18.2 Å². The Labute approximate surface area is 190 Å². The number of ether oxygens (including phenoxy) is 2. The Hall–Kier alpha value is -2.44. The molecule has 0 spiro atoms. The van der Waals surface area contributed by atoms with Gasteiger partial charge in [-0.25, -0.2) is 4.39 Å². The van der Waals surface area contributed by atoms with Crippen LogP contribution >= 0.6 is 0 Å². The van der Waals surface area contributed by atoms with Crippen LogP contribution in [0.4, 0.5) is 4.39 Å². The molecule has 0 radical (unpaired) electrons. The van der Waals surface area contributed by atoms with Gasteiger partial charge in [-0.05, 0) is 63.8 Å². The smallest absolute Gasteiger partial charge is 0.234 e. The molecule has 3 rings (SSSR count). The van der Waals surface area contributed by atoms with Crippen LogP contribution in [0.1, 0.15) is 38.7 Å². The molecule has 5 nitrogen and oxygen atoms in total. The lowest BCUT2D eigenvalue weighted by Crippen LogP contribution is -2.49. The average molecular weight is 443 g/mol. The van der Waals surface area contributed by atoms with E-state index >= 15 is 0 Å². The number of methoxy groups -OCH3 is 1. The number of nitrogens with one attached hydrogen (secondary N) is 1. The maximum absolute atomic E-state index is 13.9. The Morgan fingerprint density at radius 3 is 2.53 bits per heavy atom. The van der Waals surface area contributed by atoms with Crippen molar-refractivity contribution in [3.05, 3.63) is 66.0 Å². The first-order chi connectivity index (χ1) is 15.3. The molecule has 1 amide bonds. The van der Waals surface area contributed by atoms with Crippen molar-refractivity contribution in [1.82, 2.24) is 10.2 Å². The lowest BCUT2D eigenvalue weighted by Gasteiger charge is -2.31. The number of carbonyl (C=O) groups is 1. The van der Waals surface area contributed by atoms with Gasteiger partial charge in [-0.15, -0.1) is 0 Å². The van der Waals surface area contributed by atoms with Crippen LogP contribution in [0.2, 0.25) is 0 Å². The minimum Gasteiger partial charge on any atom is -0.488 e. The van der Waals surface area contributed by atoms with Gasteiger partial charge in [-0.1, -0.05) is 42.5 Å². The van der Waals surface area contributed by atoms with Crippen LogP contribution in [0.3, 0.4) is 0 Å². The highest BCUT2D eigenvalue weighted by molar-refractivity contribution is 5.78. The lowest BCUT2D eigenvalue weighted by atomic mass is 9.95. The highest BCUT2D eigenvalue weighted by atomic mass is 19.1. The van der Waals surface area contributed by atoms with Gasteiger partial charge in [0.05, 0.1) is 6.54 Å². The molecule has 6 heteroatoms. The molecular weight excluding hydrogens is 407 g/mol. The normalized spacial score (nSPS) is 19.9. The quantitative estimate of drug-likeness (QED) is 0.632. The number of carbonyl (C=O) groups excluding carboxylic acids is 1. The molecule has 2 aromatic rings. The third-order valence-electron chi connectivity index (χ3n) is 6.08. The van der Waals surface area contributed by atoms with E-state index in [2.05, 4.69) is 36.2 Å². The first kappa shape index (κ1) is 24.2. The highest BCUT2D eigenvalue weighted by Gasteiger charge is 2.34. The van der Waals surface area contributed by atoms with Crippen molar-refractivity contribution in [2.45, 2.75) is 50.7 Å². The lowest BCUT2D eigenvalue weighted by molar-refractivity contribution is -0.124. The Bertz CT molecular complexity index is 874. The van der Waals surface area contributed by atoms with E-state index in [9.17, 15) is 9.18 Å². The van der Waals surface area contributed by atoms with E-state index < -0.39 is 5.60 Å². The van der Waals surface area contributed by atoms with Gasteiger partial charge < -0.3 is 14.8 Å². The molecule has 1 N–H and O–H groups in total. The van der Waals surface area contributed by atoms with E-state index in [-0.39, 0.29) is 29.6 Å². The van der Waals surface area contributed by atoms with Crippen LogP contribution in [0.25, 0.3) is 0 Å². The van der Waals surface area contributed by atoms with Gasteiger partial charge in [0.2, 0.25) is 5.91 Å². The molecule has 0 bridgehead atoms. The Kier molecular flexibility index (Phi) is 8.26. The third-order valence-corrected chi connectivity index (χ3v) is 6.08. The number of nitrogens with zero attached hydrogens (tertiary/aromatic N) is 1. The predicted octanol–water partition coefficient (Wildman–Crippen LogP) is 4.21. The molecular formula is C26H35FN2O3. The van der Waals surface area contributed by atoms with Crippen LogP contribution in [0, 0.1) is 5.82 Å². The van der Waals surface area contributed by atoms with Gasteiger partial charge in [0.25, 0.3) is 0 Å². The second-order valence-electron chi connectivity index (χ2n) is 9.33. The van der Waals surface area contributed by atoms with Crippen molar-refractivity contribution in [3.63, 3.8) is 0 Å². The Balaban J connectivity index is 1.51. The fourth-order valence-electron chi connectivity index (χ4n) is 4.33. The van der Waals surface area contributed by atoms with E-state index in [4.69, 9.17) is 9.47 Å². The molecule has 1 saturated heterocycles. The molecule has 174 valence electrons. The van der Waals surface area contributed by atoms with E-state index in [1.54, 1.807) is 25.3 Å². The van der Waals surface area contributed by atoms with E-state index in [1.165, 1.54) is 11.6 Å². The first-order valence-electron chi connectivity index (χ1n) is 11.3. The minimum atomic E-state index is -0.486. The van der Waals surface area contributed by atoms with Crippen LogP contribution in [0.15, 0.2) is 54.6 Å². The zero-order chi connectivity index (χ0) is 23.0. The van der Waals surface area contributed by atoms with E-state index in [0.29, 0.717) is 6.54 Å². The summed E-state index contributed by atoms with van der Waals surface area (Å²) in [5.41, 5.74) is 0.390. The van der Waals surface area contributed by atoms with Crippen LogP contribution in [-0.4, -0.2) is 55.3 Å². The number of rotatable bonds is 9. The van der Waals surface area contributed by atoms with Gasteiger partial charge in [0, 0.05) is 19.2 Å². The number of hydrogen-bond donors (Lipinski definition) is 1. The number of hydrogen-bond acceptors (Lipinski definition) is 4. The second kappa shape index (κ2) is 10.9. The molecule has 1 fully saturated rings. The molecule has 1 atom stereocenters. The van der Waals surface area contributed by atoms with Crippen molar-refractivity contribution < 1.29 is 18.7 Å². The number of amides is 1. The number of halogens is 1. The summed E-state index contributed by atoms with van der Waals surface area (Å²) in [7, 11) is 1.68. The fraction of sp³-hybridized carbons (Fsp3) is 0.500. The Morgan fingerprint density at radius 1 is 1.09 bits per heavy atom. The van der Waals surface area contributed by atoms with Crippen molar-refractivity contribution >= 4 is 5.91 Å². The SMILES string of the molecule is CO[C@@]1(COc2ccccc2F)CCCN(CC(=O)NC(C)(C)Cc2ccccc2)CC1. The van der Waals surface area contributed by atoms with Crippen molar-refractivity contribution in [2.24, 2.45) is 0 Å². The minimum absolute atomic E-state index is 0.0263. The molecule has 0 aromatic heterocycles. The van der Waals surface area contributed by atoms with Gasteiger partial charge in [-0.2, -0.15) is 0 Å². The number of benzene rings is 2. The van der Waals surface area contributed by atoms with Crippen molar-refractivity contribution in [3.8, 4) is 5.75 Å². The highest BCUT2D eigenvalue weighted by Crippen LogP contribution is 2.28. The summed E-state index contributed by atoms with van der Waals surface area (Å²) in [6.07, 6.45) is 3.18. The second-order valence-corrected chi connectivity index (χ2v) is 9.33. The zero-order valence-corrected chi connectivity index (χ0v) is 19.4. The molecule has 32 heavy (non-hydrogen) atoms. The molecule has 2 aromatic carbocycles. The number of para-hydroxylation sites is 1. The molecule has 0 unspecified atom stereocenters. The van der Waals surface area contributed by atoms with Crippen LogP contribution < -0.4 is 10.1 Å². The molecule has 0 aliphatic carbocycles. The average Bonchev–Trinajstić information content (AvgIpc) is 2.96.